The summed E-state index contributed by atoms with van der Waals surface area (Å²) in [6.45, 7) is 6.55. The third-order valence-corrected chi connectivity index (χ3v) is 5.93. The Morgan fingerprint density at radius 1 is 1.25 bits per heavy atom. The fourth-order valence-corrected chi connectivity index (χ4v) is 4.37. The van der Waals surface area contributed by atoms with Gasteiger partial charge in [-0.25, -0.2) is 0 Å². The number of rotatable bonds is 4. The highest BCUT2D eigenvalue weighted by molar-refractivity contribution is 7.99. The lowest BCUT2D eigenvalue weighted by Gasteiger charge is -2.45. The van der Waals surface area contributed by atoms with E-state index in [4.69, 9.17) is 0 Å². The SMILES string of the molecule is CCC1(CC)NC(=O)C(C)N(CC2CCSCC2)C1=O. The van der Waals surface area contributed by atoms with Crippen LogP contribution in [0.2, 0.25) is 0 Å². The molecule has 5 heteroatoms. The first-order valence-electron chi connectivity index (χ1n) is 7.75. The zero-order valence-electron chi connectivity index (χ0n) is 12.8. The van der Waals surface area contributed by atoms with Crippen LogP contribution in [-0.4, -0.2) is 46.3 Å². The highest BCUT2D eigenvalue weighted by Gasteiger charge is 2.47. The van der Waals surface area contributed by atoms with Crippen LogP contribution in [0.4, 0.5) is 0 Å². The summed E-state index contributed by atoms with van der Waals surface area (Å²) in [5.41, 5.74) is -0.674. The Bertz CT molecular complexity index is 376. The van der Waals surface area contributed by atoms with Crippen molar-refractivity contribution in [3.05, 3.63) is 0 Å². The molecule has 2 amide bonds. The second-order valence-corrected chi connectivity index (χ2v) is 7.19. The van der Waals surface area contributed by atoms with E-state index >= 15 is 0 Å². The average molecular weight is 298 g/mol. The zero-order chi connectivity index (χ0) is 14.8. The van der Waals surface area contributed by atoms with Crippen LogP contribution in [0, 0.1) is 5.92 Å². The molecule has 20 heavy (non-hydrogen) atoms. The van der Waals surface area contributed by atoms with Crippen molar-refractivity contribution in [3.63, 3.8) is 0 Å². The van der Waals surface area contributed by atoms with Crippen LogP contribution in [0.25, 0.3) is 0 Å². The Balaban J connectivity index is 2.15. The van der Waals surface area contributed by atoms with Gasteiger partial charge in [-0.2, -0.15) is 11.8 Å². The molecular formula is C15H26N2O2S. The maximum atomic E-state index is 12.8. The minimum atomic E-state index is -0.674. The Kier molecular flexibility index (Phi) is 4.99. The molecule has 2 heterocycles. The normalized spacial score (nSPS) is 27.6. The second-order valence-electron chi connectivity index (χ2n) is 5.97. The van der Waals surface area contributed by atoms with Crippen molar-refractivity contribution in [2.45, 2.75) is 58.0 Å². The third-order valence-electron chi connectivity index (χ3n) is 4.88. The molecule has 0 spiro atoms. The van der Waals surface area contributed by atoms with Gasteiger partial charge in [-0.15, -0.1) is 0 Å². The molecule has 4 nitrogen and oxygen atoms in total. The molecule has 0 aromatic heterocycles. The molecule has 0 aliphatic carbocycles. The standard InChI is InChI=1S/C15H26N2O2S/c1-4-15(5-2)14(19)17(11(3)13(18)16-15)10-12-6-8-20-9-7-12/h11-12H,4-10H2,1-3H3,(H,16,18). The molecule has 0 bridgehead atoms. The van der Waals surface area contributed by atoms with E-state index in [2.05, 4.69) is 5.32 Å². The molecule has 2 aliphatic heterocycles. The maximum Gasteiger partial charge on any atom is 0.248 e. The molecule has 1 unspecified atom stereocenters. The number of carbonyl (C=O) groups is 2. The van der Waals surface area contributed by atoms with E-state index in [0.29, 0.717) is 18.8 Å². The minimum absolute atomic E-state index is 0.00140. The number of hydrogen-bond donors (Lipinski definition) is 1. The van der Waals surface area contributed by atoms with Gasteiger partial charge in [0.25, 0.3) is 0 Å². The summed E-state index contributed by atoms with van der Waals surface area (Å²) in [4.78, 5) is 26.9. The van der Waals surface area contributed by atoms with Crippen molar-refractivity contribution < 1.29 is 9.59 Å². The van der Waals surface area contributed by atoms with E-state index < -0.39 is 5.54 Å². The summed E-state index contributed by atoms with van der Waals surface area (Å²) >= 11 is 1.99. The lowest BCUT2D eigenvalue weighted by atomic mass is 9.86. The Morgan fingerprint density at radius 2 is 1.85 bits per heavy atom. The molecular weight excluding hydrogens is 272 g/mol. The second kappa shape index (κ2) is 6.37. The molecule has 1 N–H and O–H groups in total. The lowest BCUT2D eigenvalue weighted by Crippen LogP contribution is -2.69. The van der Waals surface area contributed by atoms with E-state index in [9.17, 15) is 9.59 Å². The fourth-order valence-electron chi connectivity index (χ4n) is 3.16. The van der Waals surface area contributed by atoms with Gasteiger partial charge in [0.1, 0.15) is 11.6 Å². The minimum Gasteiger partial charge on any atom is -0.340 e. The van der Waals surface area contributed by atoms with E-state index in [1.165, 1.54) is 11.5 Å². The summed E-state index contributed by atoms with van der Waals surface area (Å²) < 4.78 is 0. The van der Waals surface area contributed by atoms with Crippen molar-refractivity contribution in [3.8, 4) is 0 Å². The topological polar surface area (TPSA) is 49.4 Å². The molecule has 2 aliphatic rings. The summed E-state index contributed by atoms with van der Waals surface area (Å²) in [6.07, 6.45) is 3.65. The molecule has 0 saturated carbocycles. The van der Waals surface area contributed by atoms with E-state index in [-0.39, 0.29) is 17.9 Å². The number of amides is 2. The van der Waals surface area contributed by atoms with Gasteiger partial charge in [-0.05, 0) is 50.0 Å². The number of piperazine rings is 1. The van der Waals surface area contributed by atoms with Gasteiger partial charge in [0.2, 0.25) is 11.8 Å². The number of thioether (sulfide) groups is 1. The first-order valence-corrected chi connectivity index (χ1v) is 8.90. The number of nitrogens with one attached hydrogen (secondary N) is 1. The molecule has 0 aromatic rings. The van der Waals surface area contributed by atoms with Gasteiger partial charge in [-0.3, -0.25) is 9.59 Å². The lowest BCUT2D eigenvalue weighted by molar-refractivity contribution is -0.155. The van der Waals surface area contributed by atoms with Crippen molar-refractivity contribution in [1.82, 2.24) is 10.2 Å². The first kappa shape index (κ1) is 15.7. The Hall–Kier alpha value is -0.710. The van der Waals surface area contributed by atoms with Gasteiger partial charge in [-0.1, -0.05) is 13.8 Å². The largest absolute Gasteiger partial charge is 0.340 e. The summed E-state index contributed by atoms with van der Waals surface area (Å²) in [7, 11) is 0. The first-order chi connectivity index (χ1) is 9.54. The molecule has 2 fully saturated rings. The van der Waals surface area contributed by atoms with Gasteiger partial charge < -0.3 is 10.2 Å². The summed E-state index contributed by atoms with van der Waals surface area (Å²) in [6, 6.07) is -0.330. The Labute approximate surface area is 126 Å². The van der Waals surface area contributed by atoms with Gasteiger partial charge >= 0.3 is 0 Å². The smallest absolute Gasteiger partial charge is 0.248 e. The van der Waals surface area contributed by atoms with Crippen LogP contribution in [0.3, 0.4) is 0 Å². The highest BCUT2D eigenvalue weighted by atomic mass is 32.2. The van der Waals surface area contributed by atoms with Crippen LogP contribution >= 0.6 is 11.8 Å². The zero-order valence-corrected chi connectivity index (χ0v) is 13.6. The highest BCUT2D eigenvalue weighted by Crippen LogP contribution is 2.29. The molecule has 0 aromatic carbocycles. The van der Waals surface area contributed by atoms with Crippen molar-refractivity contribution in [2.75, 3.05) is 18.1 Å². The third kappa shape index (κ3) is 2.83. The van der Waals surface area contributed by atoms with Crippen molar-refractivity contribution >= 4 is 23.6 Å². The fraction of sp³-hybridized carbons (Fsp3) is 0.867. The predicted octanol–water partition coefficient (Wildman–Crippen LogP) is 2.04. The average Bonchev–Trinajstić information content (AvgIpc) is 2.48. The van der Waals surface area contributed by atoms with Crippen molar-refractivity contribution in [2.24, 2.45) is 5.92 Å². The van der Waals surface area contributed by atoms with Crippen LogP contribution in [-0.2, 0) is 9.59 Å². The Morgan fingerprint density at radius 3 is 2.40 bits per heavy atom. The van der Waals surface area contributed by atoms with Gasteiger partial charge in [0, 0.05) is 6.54 Å². The van der Waals surface area contributed by atoms with Crippen molar-refractivity contribution in [1.29, 1.82) is 0 Å². The van der Waals surface area contributed by atoms with E-state index in [1.54, 1.807) is 0 Å². The molecule has 1 atom stereocenters. The molecule has 2 saturated heterocycles. The van der Waals surface area contributed by atoms with Crippen LogP contribution in [0.1, 0.15) is 46.5 Å². The van der Waals surface area contributed by atoms with Gasteiger partial charge in [0.15, 0.2) is 0 Å². The number of carbonyl (C=O) groups excluding carboxylic acids is 2. The molecule has 2 rings (SSSR count). The monoisotopic (exact) mass is 298 g/mol. The van der Waals surface area contributed by atoms with E-state index in [0.717, 1.165) is 19.4 Å². The van der Waals surface area contributed by atoms with Crippen LogP contribution in [0.15, 0.2) is 0 Å². The predicted molar refractivity (Wildman–Crippen MR) is 82.7 cm³/mol. The van der Waals surface area contributed by atoms with Gasteiger partial charge in [0.05, 0.1) is 0 Å². The number of nitrogens with zero attached hydrogens (tertiary/aromatic N) is 1. The molecule has 0 radical (unpaired) electrons. The maximum absolute atomic E-state index is 12.8. The van der Waals surface area contributed by atoms with E-state index in [1.807, 2.05) is 37.4 Å². The van der Waals surface area contributed by atoms with Crippen LogP contribution < -0.4 is 5.32 Å². The van der Waals surface area contributed by atoms with Crippen LogP contribution in [0.5, 0.6) is 0 Å². The number of hydrogen-bond acceptors (Lipinski definition) is 3. The molecule has 114 valence electrons. The summed E-state index contributed by atoms with van der Waals surface area (Å²) in [5, 5.41) is 2.96. The quantitative estimate of drug-likeness (QED) is 0.864. The summed E-state index contributed by atoms with van der Waals surface area (Å²) in [5.74, 6) is 3.03.